The van der Waals surface area contributed by atoms with E-state index >= 15 is 0 Å². The number of ether oxygens (including phenoxy) is 3. The summed E-state index contributed by atoms with van der Waals surface area (Å²) in [7, 11) is 1.68. The molecule has 2 aromatic carbocycles. The van der Waals surface area contributed by atoms with E-state index in [9.17, 15) is 0 Å². The number of methoxy groups -OCH3 is 1. The molecule has 0 radical (unpaired) electrons. The molecule has 17 heavy (non-hydrogen) atoms. The molecule has 0 N–H and O–H groups in total. The number of fused-ring (bicyclic) bond motifs is 1. The van der Waals surface area contributed by atoms with Crippen molar-refractivity contribution in [3.63, 3.8) is 0 Å². The Bertz CT molecular complexity index is 532. The third-order valence-corrected chi connectivity index (χ3v) is 2.87. The summed E-state index contributed by atoms with van der Waals surface area (Å²) in [4.78, 5) is 0. The minimum atomic E-state index is 0.281. The second-order valence-electron chi connectivity index (χ2n) is 4.11. The zero-order valence-electron chi connectivity index (χ0n) is 9.68. The molecule has 0 aliphatic carbocycles. The summed E-state index contributed by atoms with van der Waals surface area (Å²) < 4.78 is 16.1. The molecule has 1 unspecified atom stereocenters. The SMILES string of the molecule is COc1cccc2ccc(OCC3CO3)cc12. The minimum Gasteiger partial charge on any atom is -0.496 e. The molecule has 3 nitrogen and oxygen atoms in total. The summed E-state index contributed by atoms with van der Waals surface area (Å²) in [5.41, 5.74) is 0. The van der Waals surface area contributed by atoms with Crippen molar-refractivity contribution >= 4 is 10.8 Å². The average Bonchev–Trinajstić information content (AvgIpc) is 3.19. The Morgan fingerprint density at radius 2 is 2.18 bits per heavy atom. The van der Waals surface area contributed by atoms with Crippen LogP contribution in [0.4, 0.5) is 0 Å². The van der Waals surface area contributed by atoms with Crippen molar-refractivity contribution in [3.8, 4) is 11.5 Å². The van der Waals surface area contributed by atoms with Crippen LogP contribution in [-0.2, 0) is 4.74 Å². The van der Waals surface area contributed by atoms with Gasteiger partial charge < -0.3 is 14.2 Å². The molecular formula is C14H14O3. The molecule has 3 heteroatoms. The number of benzene rings is 2. The maximum absolute atomic E-state index is 5.66. The Hall–Kier alpha value is -1.74. The van der Waals surface area contributed by atoms with Gasteiger partial charge in [0.15, 0.2) is 0 Å². The lowest BCUT2D eigenvalue weighted by atomic mass is 10.1. The third kappa shape index (κ3) is 2.19. The fourth-order valence-corrected chi connectivity index (χ4v) is 1.84. The fraction of sp³-hybridized carbons (Fsp3) is 0.286. The van der Waals surface area contributed by atoms with Crippen LogP contribution in [0.2, 0.25) is 0 Å². The Balaban J connectivity index is 1.92. The maximum atomic E-state index is 5.66. The average molecular weight is 230 g/mol. The van der Waals surface area contributed by atoms with Crippen LogP contribution in [0.25, 0.3) is 10.8 Å². The molecule has 1 aliphatic rings. The van der Waals surface area contributed by atoms with Crippen LogP contribution in [0.5, 0.6) is 11.5 Å². The summed E-state index contributed by atoms with van der Waals surface area (Å²) in [6.07, 6.45) is 0.281. The van der Waals surface area contributed by atoms with Crippen molar-refractivity contribution in [1.82, 2.24) is 0 Å². The van der Waals surface area contributed by atoms with Gasteiger partial charge in [0.2, 0.25) is 0 Å². The van der Waals surface area contributed by atoms with E-state index in [0.717, 1.165) is 28.9 Å². The highest BCUT2D eigenvalue weighted by Gasteiger charge is 2.23. The Morgan fingerprint density at radius 3 is 2.94 bits per heavy atom. The lowest BCUT2D eigenvalue weighted by Crippen LogP contribution is -2.03. The zero-order chi connectivity index (χ0) is 11.7. The highest BCUT2D eigenvalue weighted by molar-refractivity contribution is 5.89. The highest BCUT2D eigenvalue weighted by atomic mass is 16.6. The van der Waals surface area contributed by atoms with Crippen molar-refractivity contribution in [2.75, 3.05) is 20.3 Å². The van der Waals surface area contributed by atoms with Crippen molar-refractivity contribution in [1.29, 1.82) is 0 Å². The van der Waals surface area contributed by atoms with Gasteiger partial charge in [0.25, 0.3) is 0 Å². The van der Waals surface area contributed by atoms with E-state index < -0.39 is 0 Å². The van der Waals surface area contributed by atoms with Gasteiger partial charge in [-0.15, -0.1) is 0 Å². The molecule has 1 atom stereocenters. The van der Waals surface area contributed by atoms with Gasteiger partial charge >= 0.3 is 0 Å². The van der Waals surface area contributed by atoms with Crippen LogP contribution in [0.15, 0.2) is 36.4 Å². The summed E-state index contributed by atoms with van der Waals surface area (Å²) in [5.74, 6) is 1.73. The van der Waals surface area contributed by atoms with Crippen molar-refractivity contribution in [3.05, 3.63) is 36.4 Å². The molecule has 2 aromatic rings. The predicted molar refractivity (Wildman–Crippen MR) is 65.7 cm³/mol. The summed E-state index contributed by atoms with van der Waals surface area (Å²) in [6.45, 7) is 1.44. The summed E-state index contributed by atoms with van der Waals surface area (Å²) in [5, 5.41) is 2.23. The zero-order valence-corrected chi connectivity index (χ0v) is 9.68. The lowest BCUT2D eigenvalue weighted by molar-refractivity contribution is 0.263. The van der Waals surface area contributed by atoms with E-state index in [4.69, 9.17) is 14.2 Å². The maximum Gasteiger partial charge on any atom is 0.126 e. The van der Waals surface area contributed by atoms with Crippen LogP contribution in [0.3, 0.4) is 0 Å². The molecule has 1 fully saturated rings. The first-order valence-electron chi connectivity index (χ1n) is 5.68. The van der Waals surface area contributed by atoms with Gasteiger partial charge in [0, 0.05) is 5.39 Å². The predicted octanol–water partition coefficient (Wildman–Crippen LogP) is 2.63. The Labute approximate surface area is 99.9 Å². The first-order valence-corrected chi connectivity index (χ1v) is 5.68. The van der Waals surface area contributed by atoms with Crippen molar-refractivity contribution in [2.45, 2.75) is 6.10 Å². The van der Waals surface area contributed by atoms with E-state index in [1.54, 1.807) is 7.11 Å². The van der Waals surface area contributed by atoms with Gasteiger partial charge in [0.1, 0.15) is 24.2 Å². The van der Waals surface area contributed by atoms with Crippen LogP contribution in [-0.4, -0.2) is 26.4 Å². The van der Waals surface area contributed by atoms with Crippen LogP contribution in [0, 0.1) is 0 Å². The minimum absolute atomic E-state index is 0.281. The molecule has 3 rings (SSSR count). The van der Waals surface area contributed by atoms with Crippen LogP contribution >= 0.6 is 0 Å². The standard InChI is InChI=1S/C14H14O3/c1-15-14-4-2-3-10-5-6-11(7-13(10)14)16-8-12-9-17-12/h2-7,12H,8-9H2,1H3. The second-order valence-corrected chi connectivity index (χ2v) is 4.11. The van der Waals surface area contributed by atoms with E-state index in [1.165, 1.54) is 0 Å². The fourth-order valence-electron chi connectivity index (χ4n) is 1.84. The monoisotopic (exact) mass is 230 g/mol. The molecule has 0 bridgehead atoms. The Kier molecular flexibility index (Phi) is 2.61. The van der Waals surface area contributed by atoms with Crippen LogP contribution < -0.4 is 9.47 Å². The van der Waals surface area contributed by atoms with Crippen molar-refractivity contribution < 1.29 is 14.2 Å². The molecule has 0 spiro atoms. The van der Waals surface area contributed by atoms with Gasteiger partial charge in [-0.2, -0.15) is 0 Å². The molecule has 0 saturated carbocycles. The molecular weight excluding hydrogens is 216 g/mol. The number of rotatable bonds is 4. The number of epoxide rings is 1. The van der Waals surface area contributed by atoms with Gasteiger partial charge in [0.05, 0.1) is 13.7 Å². The topological polar surface area (TPSA) is 31.0 Å². The van der Waals surface area contributed by atoms with Crippen molar-refractivity contribution in [2.24, 2.45) is 0 Å². The second kappa shape index (κ2) is 4.26. The Morgan fingerprint density at radius 1 is 1.29 bits per heavy atom. The highest BCUT2D eigenvalue weighted by Crippen LogP contribution is 2.29. The number of hydrogen-bond acceptors (Lipinski definition) is 3. The molecule has 1 saturated heterocycles. The molecule has 88 valence electrons. The molecule has 0 aromatic heterocycles. The third-order valence-electron chi connectivity index (χ3n) is 2.87. The smallest absolute Gasteiger partial charge is 0.126 e. The van der Waals surface area contributed by atoms with E-state index in [0.29, 0.717) is 6.61 Å². The molecule has 1 heterocycles. The summed E-state index contributed by atoms with van der Waals surface area (Å²) in [6, 6.07) is 12.0. The summed E-state index contributed by atoms with van der Waals surface area (Å²) >= 11 is 0. The first kappa shape index (κ1) is 10.4. The number of hydrogen-bond donors (Lipinski definition) is 0. The first-order chi connectivity index (χ1) is 8.36. The largest absolute Gasteiger partial charge is 0.496 e. The normalized spacial score (nSPS) is 18.1. The van der Waals surface area contributed by atoms with Gasteiger partial charge in [-0.05, 0) is 23.6 Å². The molecule has 0 amide bonds. The van der Waals surface area contributed by atoms with Crippen LogP contribution in [0.1, 0.15) is 0 Å². The van der Waals surface area contributed by atoms with E-state index in [2.05, 4.69) is 6.07 Å². The van der Waals surface area contributed by atoms with Gasteiger partial charge in [-0.3, -0.25) is 0 Å². The van der Waals surface area contributed by atoms with E-state index in [1.807, 2.05) is 30.3 Å². The van der Waals surface area contributed by atoms with E-state index in [-0.39, 0.29) is 6.10 Å². The quantitative estimate of drug-likeness (QED) is 0.756. The van der Waals surface area contributed by atoms with Gasteiger partial charge in [-0.1, -0.05) is 18.2 Å². The lowest BCUT2D eigenvalue weighted by Gasteiger charge is -2.08. The van der Waals surface area contributed by atoms with Gasteiger partial charge in [-0.25, -0.2) is 0 Å². The molecule has 1 aliphatic heterocycles.